The molecule has 0 N–H and O–H groups in total. The summed E-state index contributed by atoms with van der Waals surface area (Å²) in [5, 5.41) is 0. The maximum absolute atomic E-state index is 4.92. The molecule has 1 aromatic rings. The molecule has 0 aliphatic carbocycles. The molecule has 0 amide bonds. The second-order valence-corrected chi connectivity index (χ2v) is 3.76. The summed E-state index contributed by atoms with van der Waals surface area (Å²) >= 11 is 0. The van der Waals surface area contributed by atoms with Gasteiger partial charge in [-0.05, 0) is 108 Å². The highest BCUT2D eigenvalue weighted by Gasteiger charge is 1.85. The minimum atomic E-state index is 0.926. The molecule has 0 atom stereocenters. The van der Waals surface area contributed by atoms with Gasteiger partial charge in [-0.2, -0.15) is 0 Å². The molecular formula is C23H8. The van der Waals surface area contributed by atoms with Crippen LogP contribution in [0.15, 0.2) is 24.3 Å². The molecule has 0 fully saturated rings. The third-order valence-corrected chi connectivity index (χ3v) is 2.05. The number of aryl methyl sites for hydroxylation is 1. The molecule has 0 saturated heterocycles. The fraction of sp³-hybridized carbons (Fsp3) is 0.0435. The zero-order chi connectivity index (χ0) is 16.6. The van der Waals surface area contributed by atoms with Crippen LogP contribution in [0.25, 0.3) is 0 Å². The summed E-state index contributed by atoms with van der Waals surface area (Å²) in [7, 11) is 0. The van der Waals surface area contributed by atoms with Gasteiger partial charge in [0.15, 0.2) is 0 Å². The Labute approximate surface area is 138 Å². The van der Waals surface area contributed by atoms with E-state index in [1.807, 2.05) is 31.2 Å². The number of terminal acetylenes is 1. The van der Waals surface area contributed by atoms with Crippen molar-refractivity contribution in [1.29, 1.82) is 0 Å². The molecule has 0 aliphatic rings. The molecule has 0 radical (unpaired) electrons. The van der Waals surface area contributed by atoms with Gasteiger partial charge in [0, 0.05) is 5.56 Å². The van der Waals surface area contributed by atoms with Crippen molar-refractivity contribution in [2.24, 2.45) is 0 Å². The van der Waals surface area contributed by atoms with Crippen LogP contribution in [0.2, 0.25) is 0 Å². The van der Waals surface area contributed by atoms with E-state index in [2.05, 4.69) is 88.8 Å². The molecule has 0 bridgehead atoms. The van der Waals surface area contributed by atoms with Crippen LogP contribution in [0.4, 0.5) is 0 Å². The Morgan fingerprint density at radius 3 is 1.61 bits per heavy atom. The van der Waals surface area contributed by atoms with Crippen molar-refractivity contribution in [3.8, 4) is 95.2 Å². The van der Waals surface area contributed by atoms with Gasteiger partial charge < -0.3 is 0 Å². The molecule has 0 nitrogen and oxygen atoms in total. The third-order valence-electron chi connectivity index (χ3n) is 2.05. The summed E-state index contributed by atoms with van der Waals surface area (Å²) in [4.78, 5) is 0. The van der Waals surface area contributed by atoms with E-state index in [0.717, 1.165) is 11.1 Å². The molecule has 0 spiro atoms. The Bertz CT molecular complexity index is 1050. The molecule has 0 unspecified atom stereocenters. The molecule has 0 heteroatoms. The summed E-state index contributed by atoms with van der Waals surface area (Å²) in [5.41, 5.74) is 2.09. The first-order chi connectivity index (χ1) is 11.3. The normalized spacial score (nSPS) is 5.74. The average molecular weight is 284 g/mol. The van der Waals surface area contributed by atoms with Crippen molar-refractivity contribution in [1.82, 2.24) is 0 Å². The van der Waals surface area contributed by atoms with Gasteiger partial charge in [0.05, 0.1) is 0 Å². The second kappa shape index (κ2) is 11.5. The van der Waals surface area contributed by atoms with E-state index in [9.17, 15) is 0 Å². The summed E-state index contributed by atoms with van der Waals surface area (Å²) in [5.74, 6) is 37.9. The van der Waals surface area contributed by atoms with Crippen LogP contribution in [0.5, 0.6) is 0 Å². The highest BCUT2D eigenvalue weighted by molar-refractivity contribution is 5.47. The van der Waals surface area contributed by atoms with E-state index in [0.29, 0.717) is 0 Å². The predicted octanol–water partition coefficient (Wildman–Crippen LogP) is 2.00. The lowest BCUT2D eigenvalue weighted by Gasteiger charge is -1.90. The number of hydrogen-bond acceptors (Lipinski definition) is 0. The highest BCUT2D eigenvalue weighted by atomic mass is 13.9. The molecule has 23 heavy (non-hydrogen) atoms. The van der Waals surface area contributed by atoms with Crippen LogP contribution in [0.3, 0.4) is 0 Å². The lowest BCUT2D eigenvalue weighted by molar-refractivity contribution is 1.46. The first-order valence-corrected chi connectivity index (χ1v) is 6.36. The second-order valence-electron chi connectivity index (χ2n) is 3.76. The molecular weight excluding hydrogens is 276 g/mol. The largest absolute Gasteiger partial charge is 0.106 e. The predicted molar refractivity (Wildman–Crippen MR) is 93.5 cm³/mol. The van der Waals surface area contributed by atoms with Crippen LogP contribution in [-0.4, -0.2) is 0 Å². The first-order valence-electron chi connectivity index (χ1n) is 6.36. The fourth-order valence-corrected chi connectivity index (χ4v) is 1.21. The maximum Gasteiger partial charge on any atom is 0.0258 e. The Morgan fingerprint density at radius 1 is 0.652 bits per heavy atom. The van der Waals surface area contributed by atoms with E-state index < -0.39 is 0 Å². The van der Waals surface area contributed by atoms with Crippen molar-refractivity contribution < 1.29 is 0 Å². The number of hydrogen-bond donors (Lipinski definition) is 0. The van der Waals surface area contributed by atoms with Crippen LogP contribution in [-0.2, 0) is 0 Å². The molecule has 1 aromatic carbocycles. The van der Waals surface area contributed by atoms with Gasteiger partial charge in [0.2, 0.25) is 0 Å². The van der Waals surface area contributed by atoms with Crippen molar-refractivity contribution in [2.45, 2.75) is 6.92 Å². The van der Waals surface area contributed by atoms with E-state index in [1.54, 1.807) is 0 Å². The van der Waals surface area contributed by atoms with Crippen molar-refractivity contribution >= 4 is 0 Å². The summed E-state index contributed by atoms with van der Waals surface area (Å²) in [6, 6.07) is 7.89. The van der Waals surface area contributed by atoms with Crippen LogP contribution >= 0.6 is 0 Å². The lowest BCUT2D eigenvalue weighted by atomic mass is 10.1. The van der Waals surface area contributed by atoms with Crippen LogP contribution in [0.1, 0.15) is 11.1 Å². The Morgan fingerprint density at radius 2 is 1.13 bits per heavy atom. The van der Waals surface area contributed by atoms with E-state index in [-0.39, 0.29) is 0 Å². The van der Waals surface area contributed by atoms with Crippen molar-refractivity contribution in [3.05, 3.63) is 35.4 Å². The minimum Gasteiger partial charge on any atom is -0.106 e. The SMILES string of the molecule is C#CC#CC#CC#CC#CC#CC#CC#Cc1cccc(C)c1. The van der Waals surface area contributed by atoms with Gasteiger partial charge in [-0.25, -0.2) is 0 Å². The van der Waals surface area contributed by atoms with Gasteiger partial charge in [0.25, 0.3) is 0 Å². The zero-order valence-electron chi connectivity index (χ0n) is 12.4. The van der Waals surface area contributed by atoms with Gasteiger partial charge in [-0.1, -0.05) is 18.1 Å². The van der Waals surface area contributed by atoms with E-state index in [4.69, 9.17) is 6.42 Å². The third kappa shape index (κ3) is 9.27. The Hall–Kier alpha value is -4.30. The van der Waals surface area contributed by atoms with E-state index in [1.165, 1.54) is 0 Å². The molecule has 0 saturated carbocycles. The number of rotatable bonds is 0. The van der Waals surface area contributed by atoms with Crippen molar-refractivity contribution in [3.63, 3.8) is 0 Å². The molecule has 0 aliphatic heterocycles. The molecule has 0 heterocycles. The maximum atomic E-state index is 4.92. The molecule has 100 valence electrons. The monoisotopic (exact) mass is 284 g/mol. The smallest absolute Gasteiger partial charge is 0.0258 e. The number of benzene rings is 1. The summed E-state index contributed by atoms with van der Waals surface area (Å²) < 4.78 is 0. The zero-order valence-corrected chi connectivity index (χ0v) is 12.4. The average Bonchev–Trinajstić information content (AvgIpc) is 2.55. The van der Waals surface area contributed by atoms with Gasteiger partial charge in [-0.3, -0.25) is 0 Å². The lowest BCUT2D eigenvalue weighted by Crippen LogP contribution is -1.75. The Balaban J connectivity index is 2.53. The molecule has 0 aromatic heterocycles. The van der Waals surface area contributed by atoms with Crippen molar-refractivity contribution in [2.75, 3.05) is 0 Å². The molecule has 1 rings (SSSR count). The van der Waals surface area contributed by atoms with Gasteiger partial charge in [0.1, 0.15) is 0 Å². The highest BCUT2D eigenvalue weighted by Crippen LogP contribution is 2.01. The quantitative estimate of drug-likeness (QED) is 0.639. The standard InChI is InChI=1S/C23H8/c1-3-4-5-6-7-8-9-10-11-12-13-14-15-16-19-23-20-17-18-22(2)21-23/h1,17-18,20-21H,2H3. The van der Waals surface area contributed by atoms with Gasteiger partial charge in [-0.15, -0.1) is 6.42 Å². The first kappa shape index (κ1) is 16.8. The summed E-state index contributed by atoms with van der Waals surface area (Å²) in [6.45, 7) is 2.01. The Kier molecular flexibility index (Phi) is 8.39. The van der Waals surface area contributed by atoms with Gasteiger partial charge >= 0.3 is 0 Å². The topological polar surface area (TPSA) is 0 Å². The minimum absolute atomic E-state index is 0.926. The fourth-order valence-electron chi connectivity index (χ4n) is 1.21. The van der Waals surface area contributed by atoms with E-state index >= 15 is 0 Å². The van der Waals surface area contributed by atoms with Crippen LogP contribution in [0, 0.1) is 102 Å². The van der Waals surface area contributed by atoms with Crippen LogP contribution < -0.4 is 0 Å². The summed E-state index contributed by atoms with van der Waals surface area (Å²) in [6.07, 6.45) is 4.92.